The highest BCUT2D eigenvalue weighted by atomic mass is 32.2. The second-order valence-electron chi connectivity index (χ2n) is 5.77. The molecule has 0 saturated heterocycles. The van der Waals surface area contributed by atoms with Gasteiger partial charge in [-0.2, -0.15) is 9.61 Å². The van der Waals surface area contributed by atoms with Crippen LogP contribution in [-0.4, -0.2) is 46.7 Å². The van der Waals surface area contributed by atoms with Gasteiger partial charge in [-0.3, -0.25) is 15.1 Å². The maximum absolute atomic E-state index is 12.2. The Kier molecular flexibility index (Phi) is 5.53. The first-order valence-corrected chi connectivity index (χ1v) is 10.4. The first-order chi connectivity index (χ1) is 13.7. The lowest BCUT2D eigenvalue weighted by Crippen LogP contribution is -2.14. The maximum atomic E-state index is 12.2. The Hall–Kier alpha value is -2.92. The molecule has 0 unspecified atom stereocenters. The molecule has 0 bridgehead atoms. The second-order valence-corrected chi connectivity index (χ2v) is 7.78. The van der Waals surface area contributed by atoms with Crippen LogP contribution in [-0.2, 0) is 11.2 Å². The zero-order chi connectivity index (χ0) is 19.3. The van der Waals surface area contributed by atoms with Gasteiger partial charge in [-0.1, -0.05) is 36.1 Å². The molecule has 28 heavy (non-hydrogen) atoms. The van der Waals surface area contributed by atoms with Crippen molar-refractivity contribution in [1.29, 1.82) is 0 Å². The van der Waals surface area contributed by atoms with Crippen LogP contribution < -0.4 is 5.32 Å². The van der Waals surface area contributed by atoms with E-state index in [1.54, 1.807) is 10.7 Å². The number of nitrogens with one attached hydrogen (secondary N) is 1. The Labute approximate surface area is 168 Å². The molecular weight excluding hydrogens is 396 g/mol. The molecule has 9 nitrogen and oxygen atoms in total. The summed E-state index contributed by atoms with van der Waals surface area (Å²) < 4.78 is 1.62. The van der Waals surface area contributed by atoms with E-state index in [0.29, 0.717) is 21.6 Å². The minimum Gasteiger partial charge on any atom is -0.300 e. The highest BCUT2D eigenvalue weighted by molar-refractivity contribution is 7.99. The quantitative estimate of drug-likeness (QED) is 0.461. The van der Waals surface area contributed by atoms with E-state index in [0.717, 1.165) is 23.5 Å². The summed E-state index contributed by atoms with van der Waals surface area (Å²) >= 11 is 2.65. The van der Waals surface area contributed by atoms with Gasteiger partial charge >= 0.3 is 0 Å². The zero-order valence-electron chi connectivity index (χ0n) is 14.9. The van der Waals surface area contributed by atoms with E-state index >= 15 is 0 Å². The summed E-state index contributed by atoms with van der Waals surface area (Å²) in [7, 11) is 0. The van der Waals surface area contributed by atoms with Gasteiger partial charge in [-0.25, -0.2) is 0 Å². The van der Waals surface area contributed by atoms with Crippen molar-refractivity contribution in [3.05, 3.63) is 41.5 Å². The van der Waals surface area contributed by atoms with Crippen LogP contribution in [0.3, 0.4) is 0 Å². The summed E-state index contributed by atoms with van der Waals surface area (Å²) in [6, 6.07) is 9.30. The Morgan fingerprint density at radius 2 is 2.07 bits per heavy atom. The fourth-order valence-electron chi connectivity index (χ4n) is 2.41. The summed E-state index contributed by atoms with van der Waals surface area (Å²) in [4.78, 5) is 16.5. The second kappa shape index (κ2) is 8.40. The molecule has 4 heterocycles. The third-order valence-electron chi connectivity index (χ3n) is 3.67. The third-order valence-corrected chi connectivity index (χ3v) is 5.49. The normalized spacial score (nSPS) is 11.0. The van der Waals surface area contributed by atoms with E-state index in [2.05, 4.69) is 42.7 Å². The number of rotatable bonds is 7. The van der Waals surface area contributed by atoms with Crippen LogP contribution in [0.1, 0.15) is 18.4 Å². The first-order valence-electron chi connectivity index (χ1n) is 8.62. The molecule has 4 aromatic rings. The van der Waals surface area contributed by atoms with Crippen molar-refractivity contribution in [3.8, 4) is 11.4 Å². The molecule has 4 rings (SSSR count). The predicted octanol–water partition coefficient (Wildman–Crippen LogP) is 2.72. The fourth-order valence-corrected chi connectivity index (χ4v) is 3.96. The summed E-state index contributed by atoms with van der Waals surface area (Å²) in [6.07, 6.45) is 3.57. The number of fused-ring (bicyclic) bond motifs is 1. The minimum absolute atomic E-state index is 0.166. The van der Waals surface area contributed by atoms with Crippen molar-refractivity contribution < 1.29 is 4.79 Å². The Balaban J connectivity index is 1.44. The number of hydrogen-bond acceptors (Lipinski definition) is 9. The monoisotopic (exact) mass is 412 g/mol. The molecule has 0 radical (unpaired) electrons. The van der Waals surface area contributed by atoms with Gasteiger partial charge < -0.3 is 0 Å². The van der Waals surface area contributed by atoms with E-state index in [1.165, 1.54) is 23.1 Å². The van der Waals surface area contributed by atoms with Gasteiger partial charge in [0.1, 0.15) is 10.7 Å². The summed E-state index contributed by atoms with van der Waals surface area (Å²) in [5.74, 6) is -0.0132. The van der Waals surface area contributed by atoms with E-state index in [-0.39, 0.29) is 11.7 Å². The largest absolute Gasteiger partial charge is 0.300 e. The number of aryl methyl sites for hydroxylation is 1. The lowest BCUT2D eigenvalue weighted by Gasteiger charge is -2.02. The van der Waals surface area contributed by atoms with E-state index in [9.17, 15) is 4.79 Å². The first kappa shape index (κ1) is 18.4. The Bertz CT molecular complexity index is 1090. The molecule has 1 N–H and O–H groups in total. The molecule has 0 aliphatic rings. The van der Waals surface area contributed by atoms with Crippen LogP contribution >= 0.6 is 23.1 Å². The van der Waals surface area contributed by atoms with Crippen molar-refractivity contribution in [3.63, 3.8) is 0 Å². The summed E-state index contributed by atoms with van der Waals surface area (Å²) in [5, 5.41) is 25.5. The molecular formula is C17H16N8OS2. The number of nitrogens with zero attached hydrogens (tertiary/aromatic N) is 7. The Morgan fingerprint density at radius 3 is 2.89 bits per heavy atom. The van der Waals surface area contributed by atoms with Crippen molar-refractivity contribution in [1.82, 2.24) is 35.0 Å². The van der Waals surface area contributed by atoms with E-state index in [1.807, 2.05) is 30.3 Å². The van der Waals surface area contributed by atoms with Gasteiger partial charge in [0.15, 0.2) is 5.65 Å². The number of amides is 1. The lowest BCUT2D eigenvalue weighted by atomic mass is 10.2. The minimum atomic E-state index is -0.179. The average molecular weight is 413 g/mol. The van der Waals surface area contributed by atoms with Crippen molar-refractivity contribution >= 4 is 39.8 Å². The van der Waals surface area contributed by atoms with Gasteiger partial charge in [-0.15, -0.1) is 20.4 Å². The number of hydrogen-bond donors (Lipinski definition) is 1. The van der Waals surface area contributed by atoms with Crippen molar-refractivity contribution in [2.45, 2.75) is 24.9 Å². The number of carbonyl (C=O) groups is 1. The number of aromatic nitrogens is 7. The Morgan fingerprint density at radius 1 is 1.14 bits per heavy atom. The van der Waals surface area contributed by atoms with Crippen molar-refractivity contribution in [2.75, 3.05) is 11.1 Å². The van der Waals surface area contributed by atoms with E-state index < -0.39 is 0 Å². The lowest BCUT2D eigenvalue weighted by molar-refractivity contribution is -0.113. The number of carbonyl (C=O) groups excluding carboxylic acids is 1. The van der Waals surface area contributed by atoms with Crippen molar-refractivity contribution in [2.24, 2.45) is 0 Å². The van der Waals surface area contributed by atoms with Crippen LogP contribution in [0.15, 0.2) is 41.7 Å². The number of anilines is 1. The van der Waals surface area contributed by atoms with Crippen LogP contribution in [0.5, 0.6) is 0 Å². The molecule has 11 heteroatoms. The number of thioether (sulfide) groups is 1. The molecule has 0 aliphatic carbocycles. The van der Waals surface area contributed by atoms with E-state index in [4.69, 9.17) is 0 Å². The molecule has 1 amide bonds. The maximum Gasteiger partial charge on any atom is 0.236 e. The highest BCUT2D eigenvalue weighted by Crippen LogP contribution is 2.21. The third kappa shape index (κ3) is 4.15. The molecule has 0 fully saturated rings. The molecule has 142 valence electrons. The molecule has 0 saturated carbocycles. The van der Waals surface area contributed by atoms with Crippen LogP contribution in [0, 0.1) is 0 Å². The topological polar surface area (TPSA) is 111 Å². The van der Waals surface area contributed by atoms with Gasteiger partial charge in [-0.05, 0) is 30.7 Å². The van der Waals surface area contributed by atoms with Gasteiger partial charge in [0.05, 0.1) is 11.4 Å². The average Bonchev–Trinajstić information content (AvgIpc) is 3.33. The molecule has 0 spiro atoms. The summed E-state index contributed by atoms with van der Waals surface area (Å²) in [6.45, 7) is 2.08. The summed E-state index contributed by atoms with van der Waals surface area (Å²) in [5.41, 5.74) is 2.07. The smallest absolute Gasteiger partial charge is 0.236 e. The zero-order valence-corrected chi connectivity index (χ0v) is 16.6. The number of pyridine rings is 1. The van der Waals surface area contributed by atoms with Crippen LogP contribution in [0.25, 0.3) is 17.0 Å². The molecule has 4 aromatic heterocycles. The van der Waals surface area contributed by atoms with Crippen LogP contribution in [0.4, 0.5) is 5.13 Å². The SMILES string of the molecule is CCCc1nnc(NC(=O)CSc2nnc3ccc(-c4ccccn4)nn23)s1. The van der Waals surface area contributed by atoms with Gasteiger partial charge in [0.2, 0.25) is 16.2 Å². The molecule has 0 aliphatic heterocycles. The molecule has 0 atom stereocenters. The highest BCUT2D eigenvalue weighted by Gasteiger charge is 2.13. The van der Waals surface area contributed by atoms with Gasteiger partial charge in [0.25, 0.3) is 0 Å². The standard InChI is InChI=1S/C17H16N8OS2/c1-2-5-15-21-22-16(28-15)19-14(26)10-27-17-23-20-13-8-7-12(24-25(13)17)11-6-3-4-9-18-11/h3-4,6-9H,2,5,10H2,1H3,(H,19,22,26). The molecule has 0 aromatic carbocycles. The van der Waals surface area contributed by atoms with Gasteiger partial charge in [0, 0.05) is 12.6 Å². The predicted molar refractivity (Wildman–Crippen MR) is 107 cm³/mol. The van der Waals surface area contributed by atoms with Crippen LogP contribution in [0.2, 0.25) is 0 Å². The fraction of sp³-hybridized carbons (Fsp3) is 0.235.